The number of ether oxygens (including phenoxy) is 1. The zero-order chi connectivity index (χ0) is 17.4. The number of non-ortho nitro benzene ring substituents is 1. The summed E-state index contributed by atoms with van der Waals surface area (Å²) in [5, 5.41) is 13.3. The first-order chi connectivity index (χ1) is 10.8. The number of nitrogens with zero attached hydrogens (tertiary/aromatic N) is 1. The van der Waals surface area contributed by atoms with Crippen molar-refractivity contribution < 1.29 is 19.2 Å². The van der Waals surface area contributed by atoms with Crippen LogP contribution in [0, 0.1) is 16.0 Å². The molecule has 0 aliphatic carbocycles. The van der Waals surface area contributed by atoms with Gasteiger partial charge in [-0.15, -0.1) is 0 Å². The van der Waals surface area contributed by atoms with Crippen molar-refractivity contribution in [3.63, 3.8) is 0 Å². The molecule has 0 spiro atoms. The van der Waals surface area contributed by atoms with Crippen molar-refractivity contribution in [3.8, 4) is 0 Å². The first-order valence-corrected chi connectivity index (χ1v) is 7.14. The number of methoxy groups -OCH3 is 1. The van der Waals surface area contributed by atoms with Crippen molar-refractivity contribution in [3.05, 3.63) is 46.0 Å². The number of carbonyl (C=O) groups excluding carboxylic acids is 2. The highest BCUT2D eigenvalue weighted by atomic mass is 16.6. The highest BCUT2D eigenvalue weighted by molar-refractivity contribution is 5.94. The lowest BCUT2D eigenvalue weighted by Gasteiger charge is -2.17. The predicted octanol–water partition coefficient (Wildman–Crippen LogP) is 2.31. The smallest absolute Gasteiger partial charge is 0.328 e. The minimum Gasteiger partial charge on any atom is -0.467 e. The van der Waals surface area contributed by atoms with Crippen molar-refractivity contribution in [2.75, 3.05) is 7.11 Å². The summed E-state index contributed by atoms with van der Waals surface area (Å²) in [7, 11) is 1.26. The molecule has 0 aromatic heterocycles. The fraction of sp³-hybridized carbons (Fsp3) is 0.375. The molecule has 1 atom stereocenters. The lowest BCUT2D eigenvalue weighted by Crippen LogP contribution is -2.41. The van der Waals surface area contributed by atoms with Gasteiger partial charge in [-0.3, -0.25) is 14.9 Å². The molecular formula is C16H20N2O5. The third-order valence-electron chi connectivity index (χ3n) is 3.02. The van der Waals surface area contributed by atoms with E-state index >= 15 is 0 Å². The number of nitro benzene ring substituents is 1. The molecule has 23 heavy (non-hydrogen) atoms. The first kappa shape index (κ1) is 18.3. The molecule has 0 aliphatic heterocycles. The van der Waals surface area contributed by atoms with Gasteiger partial charge in [-0.05, 0) is 24.0 Å². The molecule has 7 heteroatoms. The van der Waals surface area contributed by atoms with Gasteiger partial charge in [-0.1, -0.05) is 26.0 Å². The van der Waals surface area contributed by atoms with E-state index in [4.69, 9.17) is 0 Å². The van der Waals surface area contributed by atoms with E-state index < -0.39 is 22.8 Å². The third kappa shape index (κ3) is 6.29. The van der Waals surface area contributed by atoms with Crippen LogP contribution in [0.2, 0.25) is 0 Å². The van der Waals surface area contributed by atoms with Crippen molar-refractivity contribution >= 4 is 23.6 Å². The highest BCUT2D eigenvalue weighted by Crippen LogP contribution is 2.14. The Balaban J connectivity index is 2.75. The van der Waals surface area contributed by atoms with Crippen LogP contribution in [0.25, 0.3) is 6.08 Å². The maximum absolute atomic E-state index is 11.9. The van der Waals surface area contributed by atoms with Crippen molar-refractivity contribution in [1.82, 2.24) is 5.32 Å². The van der Waals surface area contributed by atoms with Crippen LogP contribution in [-0.2, 0) is 14.3 Å². The number of benzene rings is 1. The summed E-state index contributed by atoms with van der Waals surface area (Å²) >= 11 is 0. The number of hydrogen-bond donors (Lipinski definition) is 1. The van der Waals surface area contributed by atoms with Crippen LogP contribution < -0.4 is 5.32 Å². The maximum atomic E-state index is 11.9. The molecule has 124 valence electrons. The van der Waals surface area contributed by atoms with Crippen LogP contribution >= 0.6 is 0 Å². The molecule has 1 amide bonds. The average molecular weight is 320 g/mol. The Kier molecular flexibility index (Phi) is 6.92. The predicted molar refractivity (Wildman–Crippen MR) is 85.5 cm³/mol. The largest absolute Gasteiger partial charge is 0.467 e. The van der Waals surface area contributed by atoms with Gasteiger partial charge >= 0.3 is 5.97 Å². The second-order valence-corrected chi connectivity index (χ2v) is 5.40. The van der Waals surface area contributed by atoms with E-state index in [-0.39, 0.29) is 11.6 Å². The van der Waals surface area contributed by atoms with Gasteiger partial charge in [-0.2, -0.15) is 0 Å². The van der Waals surface area contributed by atoms with Crippen LogP contribution in [0.3, 0.4) is 0 Å². The molecule has 0 heterocycles. The summed E-state index contributed by atoms with van der Waals surface area (Å²) < 4.78 is 4.67. The second-order valence-electron chi connectivity index (χ2n) is 5.40. The van der Waals surface area contributed by atoms with Crippen molar-refractivity contribution in [2.45, 2.75) is 26.3 Å². The Bertz CT molecular complexity index is 610. The summed E-state index contributed by atoms with van der Waals surface area (Å²) in [4.78, 5) is 33.7. The SMILES string of the molecule is COC(=O)[C@@H](CC(C)C)NC(=O)/C=C/c1cccc([N+](=O)[O-])c1. The van der Waals surface area contributed by atoms with Gasteiger partial charge in [0.2, 0.25) is 5.91 Å². The van der Waals surface area contributed by atoms with E-state index in [1.165, 1.54) is 37.5 Å². The summed E-state index contributed by atoms with van der Waals surface area (Å²) in [5.74, 6) is -0.761. The number of amides is 1. The Morgan fingerprint density at radius 2 is 2.09 bits per heavy atom. The molecule has 0 aliphatic rings. The third-order valence-corrected chi connectivity index (χ3v) is 3.02. The van der Waals surface area contributed by atoms with Crippen LogP contribution in [-0.4, -0.2) is 30.0 Å². The van der Waals surface area contributed by atoms with Gasteiger partial charge in [0.25, 0.3) is 5.69 Å². The van der Waals surface area contributed by atoms with Crippen LogP contribution in [0.5, 0.6) is 0 Å². The quantitative estimate of drug-likeness (QED) is 0.360. The summed E-state index contributed by atoms with van der Waals surface area (Å²) in [6, 6.07) is 5.18. The van der Waals surface area contributed by atoms with Crippen LogP contribution in [0.4, 0.5) is 5.69 Å². The number of rotatable bonds is 7. The molecule has 1 aromatic carbocycles. The monoisotopic (exact) mass is 320 g/mol. The highest BCUT2D eigenvalue weighted by Gasteiger charge is 2.21. The second kappa shape index (κ2) is 8.67. The van der Waals surface area contributed by atoms with E-state index in [0.717, 1.165) is 0 Å². The minimum absolute atomic E-state index is 0.0557. The lowest BCUT2D eigenvalue weighted by molar-refractivity contribution is -0.384. The van der Waals surface area contributed by atoms with Crippen molar-refractivity contribution in [2.24, 2.45) is 5.92 Å². The fourth-order valence-electron chi connectivity index (χ4n) is 1.96. The van der Waals surface area contributed by atoms with Gasteiger partial charge in [0.1, 0.15) is 6.04 Å². The van der Waals surface area contributed by atoms with Gasteiger partial charge in [0.05, 0.1) is 12.0 Å². The standard InChI is InChI=1S/C16H20N2O5/c1-11(2)9-14(16(20)23-3)17-15(19)8-7-12-5-4-6-13(10-12)18(21)22/h4-8,10-11,14H,9H2,1-3H3,(H,17,19)/b8-7+/t14-/m1/s1. The maximum Gasteiger partial charge on any atom is 0.328 e. The number of carbonyl (C=O) groups is 2. The molecule has 0 bridgehead atoms. The Labute approximate surface area is 134 Å². The van der Waals surface area contributed by atoms with Gasteiger partial charge in [0.15, 0.2) is 0 Å². The lowest BCUT2D eigenvalue weighted by atomic mass is 10.0. The van der Waals surface area contributed by atoms with Gasteiger partial charge < -0.3 is 10.1 Å². The molecule has 1 aromatic rings. The zero-order valence-electron chi connectivity index (χ0n) is 13.3. The number of nitrogens with one attached hydrogen (secondary N) is 1. The van der Waals surface area contributed by atoms with Gasteiger partial charge in [0, 0.05) is 18.2 Å². The summed E-state index contributed by atoms with van der Waals surface area (Å²) in [6.45, 7) is 3.86. The molecular weight excluding hydrogens is 300 g/mol. The van der Waals surface area contributed by atoms with Crippen LogP contribution in [0.1, 0.15) is 25.8 Å². The van der Waals surface area contributed by atoms with Gasteiger partial charge in [-0.25, -0.2) is 4.79 Å². The Morgan fingerprint density at radius 3 is 2.65 bits per heavy atom. The van der Waals surface area contributed by atoms with E-state index in [1.54, 1.807) is 6.07 Å². The molecule has 1 rings (SSSR count). The summed E-state index contributed by atoms with van der Waals surface area (Å²) in [5.41, 5.74) is 0.465. The minimum atomic E-state index is -0.720. The molecule has 7 nitrogen and oxygen atoms in total. The molecule has 1 N–H and O–H groups in total. The van der Waals surface area contributed by atoms with E-state index in [9.17, 15) is 19.7 Å². The summed E-state index contributed by atoms with van der Waals surface area (Å²) in [6.07, 6.45) is 3.14. The van der Waals surface area contributed by atoms with E-state index in [1.807, 2.05) is 13.8 Å². The topological polar surface area (TPSA) is 98.5 Å². The number of hydrogen-bond acceptors (Lipinski definition) is 5. The fourth-order valence-corrected chi connectivity index (χ4v) is 1.96. The molecule has 0 radical (unpaired) electrons. The van der Waals surface area contributed by atoms with Crippen LogP contribution in [0.15, 0.2) is 30.3 Å². The molecule has 0 fully saturated rings. The molecule has 0 saturated heterocycles. The average Bonchev–Trinajstić information content (AvgIpc) is 2.51. The Morgan fingerprint density at radius 1 is 1.39 bits per heavy atom. The Hall–Kier alpha value is -2.70. The van der Waals surface area contributed by atoms with E-state index in [0.29, 0.717) is 12.0 Å². The number of nitro groups is 1. The molecule has 0 unspecified atom stereocenters. The zero-order valence-corrected chi connectivity index (χ0v) is 13.3. The van der Waals surface area contributed by atoms with Crippen molar-refractivity contribution in [1.29, 1.82) is 0 Å². The normalized spacial score (nSPS) is 12.2. The first-order valence-electron chi connectivity index (χ1n) is 7.14. The number of esters is 1. The van der Waals surface area contributed by atoms with E-state index in [2.05, 4.69) is 10.1 Å². The molecule has 0 saturated carbocycles.